The molecule has 1 amide bonds. The number of hydrogen-bond donors (Lipinski definition) is 0. The quantitative estimate of drug-likeness (QED) is 0.824. The van der Waals surface area contributed by atoms with Crippen molar-refractivity contribution in [3.05, 3.63) is 16.5 Å². The molecule has 0 spiro atoms. The summed E-state index contributed by atoms with van der Waals surface area (Å²) in [5, 5.41) is 0. The topological polar surface area (TPSA) is 57.7 Å². The number of nitrogens with zero attached hydrogens (tertiary/aromatic N) is 2. The fourth-order valence-electron chi connectivity index (χ4n) is 1.96. The van der Waals surface area contributed by atoms with Crippen LogP contribution in [0.2, 0.25) is 4.34 Å². The number of rotatable bonds is 4. The summed E-state index contributed by atoms with van der Waals surface area (Å²) in [4.78, 5) is 13.5. The number of amides is 1. The zero-order valence-electron chi connectivity index (χ0n) is 10.9. The van der Waals surface area contributed by atoms with Crippen molar-refractivity contribution >= 4 is 50.6 Å². The molecule has 2 rings (SSSR count). The largest absolute Gasteiger partial charge is 0.339 e. The highest BCUT2D eigenvalue weighted by molar-refractivity contribution is 7.99. The van der Waals surface area contributed by atoms with Crippen LogP contribution in [0.5, 0.6) is 0 Å². The van der Waals surface area contributed by atoms with Crippen molar-refractivity contribution in [3.63, 3.8) is 0 Å². The minimum atomic E-state index is -3.48. The van der Waals surface area contributed by atoms with Crippen LogP contribution in [0.4, 0.5) is 0 Å². The average Bonchev–Trinajstić information content (AvgIpc) is 2.86. The van der Waals surface area contributed by atoms with Crippen molar-refractivity contribution < 1.29 is 13.2 Å². The number of sulfonamides is 1. The number of thioether (sulfide) groups is 1. The zero-order valence-corrected chi connectivity index (χ0v) is 14.1. The van der Waals surface area contributed by atoms with Crippen LogP contribution in [0.15, 0.2) is 16.3 Å². The standard InChI is InChI=1S/C11H15ClN2O3S3/c1-18-8-10(15)13-4-6-14(7-5-13)20(16,17)11-3-2-9(12)19-11/h2-3H,4-8H2,1H3. The van der Waals surface area contributed by atoms with E-state index in [0.717, 1.165) is 11.3 Å². The molecular formula is C11H15ClN2O3S3. The molecule has 0 aromatic carbocycles. The van der Waals surface area contributed by atoms with Crippen LogP contribution in [0, 0.1) is 0 Å². The van der Waals surface area contributed by atoms with Gasteiger partial charge in [0.2, 0.25) is 5.91 Å². The highest BCUT2D eigenvalue weighted by Crippen LogP contribution is 2.28. The van der Waals surface area contributed by atoms with E-state index < -0.39 is 10.0 Å². The van der Waals surface area contributed by atoms with Gasteiger partial charge in [0.15, 0.2) is 0 Å². The van der Waals surface area contributed by atoms with Gasteiger partial charge >= 0.3 is 0 Å². The summed E-state index contributed by atoms with van der Waals surface area (Å²) >= 11 is 8.31. The summed E-state index contributed by atoms with van der Waals surface area (Å²) in [6.07, 6.45) is 1.87. The predicted octanol–water partition coefficient (Wildman–Crippen LogP) is 1.60. The molecule has 1 fully saturated rings. The first kappa shape index (κ1) is 16.1. The monoisotopic (exact) mass is 354 g/mol. The molecule has 1 aliphatic rings. The van der Waals surface area contributed by atoms with E-state index in [4.69, 9.17) is 11.6 Å². The summed E-state index contributed by atoms with van der Waals surface area (Å²) in [5.74, 6) is 0.501. The molecule has 2 heterocycles. The Hall–Kier alpha value is -0.280. The lowest BCUT2D eigenvalue weighted by molar-refractivity contribution is -0.129. The first-order valence-corrected chi connectivity index (χ1v) is 10.00. The van der Waals surface area contributed by atoms with Crippen molar-refractivity contribution in [2.24, 2.45) is 0 Å². The molecule has 0 saturated carbocycles. The molecule has 0 atom stereocenters. The number of thiophene rings is 1. The van der Waals surface area contributed by atoms with E-state index in [2.05, 4.69) is 0 Å². The van der Waals surface area contributed by atoms with E-state index in [1.54, 1.807) is 11.0 Å². The third kappa shape index (κ3) is 3.48. The molecule has 1 aliphatic heterocycles. The van der Waals surface area contributed by atoms with Gasteiger partial charge in [0, 0.05) is 26.2 Å². The van der Waals surface area contributed by atoms with E-state index in [9.17, 15) is 13.2 Å². The maximum atomic E-state index is 12.4. The number of halogens is 1. The van der Waals surface area contributed by atoms with Gasteiger partial charge in [0.25, 0.3) is 10.0 Å². The van der Waals surface area contributed by atoms with Gasteiger partial charge in [0.05, 0.1) is 10.1 Å². The van der Waals surface area contributed by atoms with Gasteiger partial charge < -0.3 is 4.90 Å². The van der Waals surface area contributed by atoms with Crippen molar-refractivity contribution in [2.75, 3.05) is 38.2 Å². The molecule has 0 unspecified atom stereocenters. The van der Waals surface area contributed by atoms with Gasteiger partial charge in [-0.15, -0.1) is 11.3 Å². The molecule has 0 aliphatic carbocycles. The molecule has 1 saturated heterocycles. The van der Waals surface area contributed by atoms with E-state index in [-0.39, 0.29) is 10.1 Å². The zero-order chi connectivity index (χ0) is 14.8. The van der Waals surface area contributed by atoms with Gasteiger partial charge in [0.1, 0.15) is 4.21 Å². The number of hydrogen-bond acceptors (Lipinski definition) is 5. The van der Waals surface area contributed by atoms with E-state index >= 15 is 0 Å². The van der Waals surface area contributed by atoms with Gasteiger partial charge in [-0.25, -0.2) is 8.42 Å². The second-order valence-electron chi connectivity index (χ2n) is 4.28. The SMILES string of the molecule is CSCC(=O)N1CCN(S(=O)(=O)c2ccc(Cl)s2)CC1. The Bertz CT molecular complexity index is 579. The highest BCUT2D eigenvalue weighted by atomic mass is 35.5. The average molecular weight is 355 g/mol. The fourth-order valence-corrected chi connectivity index (χ4v) is 5.44. The maximum Gasteiger partial charge on any atom is 0.252 e. The summed E-state index contributed by atoms with van der Waals surface area (Å²) in [6, 6.07) is 3.10. The van der Waals surface area contributed by atoms with Gasteiger partial charge in [-0.2, -0.15) is 16.1 Å². The number of carbonyl (C=O) groups excluding carboxylic acids is 1. The Labute approximate surface area is 131 Å². The van der Waals surface area contributed by atoms with Crippen LogP contribution in [0.3, 0.4) is 0 Å². The molecule has 1 aromatic heterocycles. The molecule has 9 heteroatoms. The fraction of sp³-hybridized carbons (Fsp3) is 0.545. The minimum absolute atomic E-state index is 0.0636. The summed E-state index contributed by atoms with van der Waals surface area (Å²) in [5.41, 5.74) is 0. The van der Waals surface area contributed by atoms with Crippen LogP contribution in [-0.4, -0.2) is 61.7 Å². The van der Waals surface area contributed by atoms with E-state index in [1.165, 1.54) is 22.1 Å². The van der Waals surface area contributed by atoms with Gasteiger partial charge in [-0.1, -0.05) is 11.6 Å². The minimum Gasteiger partial charge on any atom is -0.339 e. The molecule has 5 nitrogen and oxygen atoms in total. The Morgan fingerprint density at radius 1 is 1.35 bits per heavy atom. The summed E-state index contributed by atoms with van der Waals surface area (Å²) < 4.78 is 26.9. The Morgan fingerprint density at radius 2 is 2.00 bits per heavy atom. The normalized spacial score (nSPS) is 17.4. The second kappa shape index (κ2) is 6.65. The number of piperazine rings is 1. The lowest BCUT2D eigenvalue weighted by atomic mass is 10.3. The first-order chi connectivity index (χ1) is 9.45. The Balaban J connectivity index is 2.02. The molecule has 0 radical (unpaired) electrons. The maximum absolute atomic E-state index is 12.4. The van der Waals surface area contributed by atoms with Crippen LogP contribution < -0.4 is 0 Å². The van der Waals surface area contributed by atoms with Crippen LogP contribution in [0.1, 0.15) is 0 Å². The van der Waals surface area contributed by atoms with Gasteiger partial charge in [-0.05, 0) is 18.4 Å². The molecule has 112 valence electrons. The Morgan fingerprint density at radius 3 is 2.50 bits per heavy atom. The predicted molar refractivity (Wildman–Crippen MR) is 83.0 cm³/mol. The Kier molecular flexibility index (Phi) is 5.36. The summed E-state index contributed by atoms with van der Waals surface area (Å²) in [6.45, 7) is 1.55. The third-order valence-corrected chi connectivity index (χ3v) is 7.13. The van der Waals surface area contributed by atoms with Crippen molar-refractivity contribution in [3.8, 4) is 0 Å². The van der Waals surface area contributed by atoms with Crippen LogP contribution in [0.25, 0.3) is 0 Å². The van der Waals surface area contributed by atoms with Crippen molar-refractivity contribution in [1.29, 1.82) is 0 Å². The smallest absolute Gasteiger partial charge is 0.252 e. The summed E-state index contributed by atoms with van der Waals surface area (Å²) in [7, 11) is -3.48. The molecule has 1 aromatic rings. The van der Waals surface area contributed by atoms with E-state index in [0.29, 0.717) is 36.3 Å². The molecule has 0 N–H and O–H groups in total. The molecular weight excluding hydrogens is 340 g/mol. The third-order valence-electron chi connectivity index (χ3n) is 3.00. The van der Waals surface area contributed by atoms with Crippen molar-refractivity contribution in [2.45, 2.75) is 4.21 Å². The lowest BCUT2D eigenvalue weighted by Crippen LogP contribution is -2.50. The lowest BCUT2D eigenvalue weighted by Gasteiger charge is -2.33. The second-order valence-corrected chi connectivity index (χ2v) is 9.02. The molecule has 20 heavy (non-hydrogen) atoms. The highest BCUT2D eigenvalue weighted by Gasteiger charge is 2.30. The van der Waals surface area contributed by atoms with Crippen molar-refractivity contribution in [1.82, 2.24) is 9.21 Å². The van der Waals surface area contributed by atoms with Crippen LogP contribution >= 0.6 is 34.7 Å². The number of carbonyl (C=O) groups is 1. The van der Waals surface area contributed by atoms with Gasteiger partial charge in [-0.3, -0.25) is 4.79 Å². The first-order valence-electron chi connectivity index (χ1n) is 5.97. The van der Waals surface area contributed by atoms with Crippen LogP contribution in [-0.2, 0) is 14.8 Å². The van der Waals surface area contributed by atoms with E-state index in [1.807, 2.05) is 6.26 Å². The molecule has 0 bridgehead atoms.